The summed E-state index contributed by atoms with van der Waals surface area (Å²) in [6.07, 6.45) is 4.92. The van der Waals surface area contributed by atoms with Gasteiger partial charge in [0.1, 0.15) is 0 Å². The van der Waals surface area contributed by atoms with E-state index >= 15 is 0 Å². The van der Waals surface area contributed by atoms with Crippen molar-refractivity contribution in [3.05, 3.63) is 90.5 Å². The van der Waals surface area contributed by atoms with Crippen molar-refractivity contribution in [3.63, 3.8) is 0 Å². The lowest BCUT2D eigenvalue weighted by Gasteiger charge is -2.36. The molecule has 0 N–H and O–H groups in total. The first kappa shape index (κ1) is 21.8. The highest BCUT2D eigenvalue weighted by Gasteiger charge is 2.25. The summed E-state index contributed by atoms with van der Waals surface area (Å²) in [5.74, 6) is 0.252. The van der Waals surface area contributed by atoms with E-state index in [-0.39, 0.29) is 5.91 Å². The minimum Gasteiger partial charge on any atom is -0.340 e. The molecule has 3 aromatic carbocycles. The molecule has 5 rings (SSSR count). The van der Waals surface area contributed by atoms with Gasteiger partial charge in [-0.15, -0.1) is 0 Å². The number of rotatable bonds is 6. The Morgan fingerprint density at radius 2 is 1.39 bits per heavy atom. The summed E-state index contributed by atoms with van der Waals surface area (Å²) >= 11 is 1.81. The topological polar surface area (TPSA) is 26.8 Å². The first-order chi connectivity index (χ1) is 16.3. The second-order valence-electron chi connectivity index (χ2n) is 8.43. The van der Waals surface area contributed by atoms with Crippen LogP contribution in [0.2, 0.25) is 0 Å². The van der Waals surface area contributed by atoms with Crippen LogP contribution in [0.5, 0.6) is 0 Å². The molecule has 5 heteroatoms. The van der Waals surface area contributed by atoms with E-state index in [1.165, 1.54) is 26.7 Å². The van der Waals surface area contributed by atoms with Gasteiger partial charge in [-0.1, -0.05) is 78.5 Å². The predicted molar refractivity (Wildman–Crippen MR) is 137 cm³/mol. The van der Waals surface area contributed by atoms with E-state index in [9.17, 15) is 4.79 Å². The number of hydrogen-bond donors (Lipinski definition) is 0. The summed E-state index contributed by atoms with van der Waals surface area (Å²) in [7, 11) is 0. The Kier molecular flexibility index (Phi) is 6.79. The number of para-hydroxylation sites is 2. The summed E-state index contributed by atoms with van der Waals surface area (Å²) in [6, 6.07) is 27.3. The van der Waals surface area contributed by atoms with E-state index in [4.69, 9.17) is 0 Å². The monoisotopic (exact) mass is 455 g/mol. The molecule has 1 saturated heterocycles. The third-order valence-corrected chi connectivity index (χ3v) is 7.41. The largest absolute Gasteiger partial charge is 0.340 e. The highest BCUT2D eigenvalue weighted by Crippen LogP contribution is 2.47. The van der Waals surface area contributed by atoms with Crippen LogP contribution in [0.3, 0.4) is 0 Å². The van der Waals surface area contributed by atoms with Crippen molar-refractivity contribution in [3.8, 4) is 0 Å². The number of anilines is 2. The van der Waals surface area contributed by atoms with Gasteiger partial charge in [-0.05, 0) is 29.8 Å². The van der Waals surface area contributed by atoms with E-state index in [1.54, 1.807) is 11.8 Å². The molecule has 0 aromatic heterocycles. The fourth-order valence-corrected chi connectivity index (χ4v) is 5.57. The van der Waals surface area contributed by atoms with Crippen molar-refractivity contribution >= 4 is 35.1 Å². The normalized spacial score (nSPS) is 16.0. The molecular formula is C28H29N3OS. The van der Waals surface area contributed by atoms with Crippen LogP contribution in [0.4, 0.5) is 11.4 Å². The van der Waals surface area contributed by atoms with Gasteiger partial charge < -0.3 is 9.80 Å². The molecule has 0 aliphatic carbocycles. The highest BCUT2D eigenvalue weighted by atomic mass is 32.2. The van der Waals surface area contributed by atoms with Crippen molar-refractivity contribution in [2.75, 3.05) is 44.2 Å². The Bertz CT molecular complexity index is 1080. The molecule has 0 saturated carbocycles. The van der Waals surface area contributed by atoms with Crippen molar-refractivity contribution in [1.29, 1.82) is 0 Å². The molecule has 0 radical (unpaired) electrons. The number of carbonyl (C=O) groups excluding carboxylic acids is 1. The van der Waals surface area contributed by atoms with Gasteiger partial charge in [-0.3, -0.25) is 9.69 Å². The van der Waals surface area contributed by atoms with E-state index < -0.39 is 0 Å². The standard InChI is InChI=1S/C28H29N3OS/c32-28(30-21-19-29(20-22-30)17-8-11-23-9-2-1-3-10-23)16-18-31-24-12-4-6-14-26(24)33-27-15-7-5-13-25(27)31/h1-15H,16-22H2/b11-8+. The molecule has 0 spiro atoms. The number of piperazine rings is 1. The lowest BCUT2D eigenvalue weighted by molar-refractivity contribution is -0.132. The summed E-state index contributed by atoms with van der Waals surface area (Å²) in [5, 5.41) is 0. The van der Waals surface area contributed by atoms with Gasteiger partial charge in [0.05, 0.1) is 11.4 Å². The highest BCUT2D eigenvalue weighted by molar-refractivity contribution is 7.99. The van der Waals surface area contributed by atoms with Crippen LogP contribution in [0.25, 0.3) is 6.08 Å². The Morgan fingerprint density at radius 3 is 2.06 bits per heavy atom. The third-order valence-electron chi connectivity index (χ3n) is 6.28. The summed E-state index contributed by atoms with van der Waals surface area (Å²) in [5.41, 5.74) is 3.62. The molecule has 1 amide bonds. The van der Waals surface area contributed by atoms with Gasteiger partial charge in [0, 0.05) is 55.5 Å². The second kappa shape index (κ2) is 10.3. The van der Waals surface area contributed by atoms with Crippen LogP contribution in [-0.4, -0.2) is 55.0 Å². The number of fused-ring (bicyclic) bond motifs is 2. The predicted octanol–water partition coefficient (Wildman–Crippen LogP) is 5.54. The van der Waals surface area contributed by atoms with Gasteiger partial charge in [-0.25, -0.2) is 0 Å². The number of hydrogen-bond acceptors (Lipinski definition) is 4. The van der Waals surface area contributed by atoms with Crippen LogP contribution in [-0.2, 0) is 4.79 Å². The van der Waals surface area contributed by atoms with Crippen molar-refractivity contribution in [1.82, 2.24) is 9.80 Å². The molecule has 33 heavy (non-hydrogen) atoms. The van der Waals surface area contributed by atoms with Crippen LogP contribution < -0.4 is 4.90 Å². The molecule has 2 aliphatic heterocycles. The molecule has 2 aliphatic rings. The van der Waals surface area contributed by atoms with Gasteiger partial charge in [0.15, 0.2) is 0 Å². The van der Waals surface area contributed by atoms with E-state index in [0.29, 0.717) is 13.0 Å². The molecule has 168 valence electrons. The SMILES string of the molecule is O=C(CCN1c2ccccc2Sc2ccccc21)N1CCN(C/C=C/c2ccccc2)CC1. The third kappa shape index (κ3) is 5.15. The average molecular weight is 456 g/mol. The maximum Gasteiger partial charge on any atom is 0.224 e. The number of carbonyl (C=O) groups is 1. The van der Waals surface area contributed by atoms with Crippen LogP contribution in [0.1, 0.15) is 12.0 Å². The molecule has 0 atom stereocenters. The Morgan fingerprint density at radius 1 is 0.788 bits per heavy atom. The second-order valence-corrected chi connectivity index (χ2v) is 9.52. The molecule has 1 fully saturated rings. The molecule has 4 nitrogen and oxygen atoms in total. The van der Waals surface area contributed by atoms with Crippen LogP contribution >= 0.6 is 11.8 Å². The Balaban J connectivity index is 1.15. The maximum absolute atomic E-state index is 13.0. The molecule has 2 heterocycles. The van der Waals surface area contributed by atoms with Crippen molar-refractivity contribution in [2.24, 2.45) is 0 Å². The van der Waals surface area contributed by atoms with Crippen molar-refractivity contribution < 1.29 is 4.79 Å². The average Bonchev–Trinajstić information content (AvgIpc) is 2.87. The lowest BCUT2D eigenvalue weighted by Crippen LogP contribution is -2.49. The summed E-state index contributed by atoms with van der Waals surface area (Å²) < 4.78 is 0. The Labute approximate surface area is 200 Å². The van der Waals surface area contributed by atoms with Crippen LogP contribution in [0, 0.1) is 0 Å². The first-order valence-electron chi connectivity index (χ1n) is 11.6. The van der Waals surface area contributed by atoms with Gasteiger partial charge in [-0.2, -0.15) is 0 Å². The fraction of sp³-hybridized carbons (Fsp3) is 0.250. The van der Waals surface area contributed by atoms with Gasteiger partial charge in [0.2, 0.25) is 5.91 Å². The quantitative estimate of drug-likeness (QED) is 0.488. The zero-order valence-corrected chi connectivity index (χ0v) is 19.6. The minimum absolute atomic E-state index is 0.252. The Hall–Kier alpha value is -3.02. The maximum atomic E-state index is 13.0. The zero-order valence-electron chi connectivity index (χ0n) is 18.8. The van der Waals surface area contributed by atoms with Crippen molar-refractivity contribution in [2.45, 2.75) is 16.2 Å². The first-order valence-corrected chi connectivity index (χ1v) is 12.4. The fourth-order valence-electron chi connectivity index (χ4n) is 4.47. The van der Waals surface area contributed by atoms with E-state index in [1.807, 2.05) is 11.0 Å². The van der Waals surface area contributed by atoms with E-state index in [2.05, 4.69) is 94.7 Å². The van der Waals surface area contributed by atoms with Gasteiger partial charge in [0.25, 0.3) is 0 Å². The molecular weight excluding hydrogens is 426 g/mol. The van der Waals surface area contributed by atoms with E-state index in [0.717, 1.165) is 32.7 Å². The molecule has 0 bridgehead atoms. The summed E-state index contributed by atoms with van der Waals surface area (Å²) in [4.78, 5) is 22.3. The molecule has 0 unspecified atom stereocenters. The number of benzene rings is 3. The number of amides is 1. The molecule has 3 aromatic rings. The summed E-state index contributed by atoms with van der Waals surface area (Å²) in [6.45, 7) is 5.10. The lowest BCUT2D eigenvalue weighted by atomic mass is 10.2. The minimum atomic E-state index is 0.252. The van der Waals surface area contributed by atoms with Crippen LogP contribution in [0.15, 0.2) is 94.7 Å². The zero-order chi connectivity index (χ0) is 22.5. The smallest absolute Gasteiger partial charge is 0.224 e. The number of nitrogens with zero attached hydrogens (tertiary/aromatic N) is 3. The van der Waals surface area contributed by atoms with Gasteiger partial charge >= 0.3 is 0 Å².